The lowest BCUT2D eigenvalue weighted by Crippen LogP contribution is -2.25. The largest absolute Gasteiger partial charge is 0.416 e. The third-order valence-corrected chi connectivity index (χ3v) is 3.46. The summed E-state index contributed by atoms with van der Waals surface area (Å²) in [7, 11) is -1.00. The Morgan fingerprint density at radius 2 is 2.05 bits per heavy atom. The Balaban J connectivity index is 2.78. The van der Waals surface area contributed by atoms with Gasteiger partial charge in [0.05, 0.1) is 5.56 Å². The lowest BCUT2D eigenvalue weighted by atomic mass is 10.0. The molecule has 1 aromatic rings. The number of halogens is 3. The monoisotopic (exact) mass is 319 g/mol. The van der Waals surface area contributed by atoms with Crippen LogP contribution >= 0.6 is 0 Å². The minimum absolute atomic E-state index is 0.258. The summed E-state index contributed by atoms with van der Waals surface area (Å²) < 4.78 is 48.7. The van der Waals surface area contributed by atoms with Gasteiger partial charge in [0, 0.05) is 35.4 Å². The van der Waals surface area contributed by atoms with Gasteiger partial charge in [-0.1, -0.05) is 12.1 Å². The lowest BCUT2D eigenvalue weighted by Gasteiger charge is -2.09. The van der Waals surface area contributed by atoms with E-state index >= 15 is 0 Å². The molecule has 0 heterocycles. The van der Waals surface area contributed by atoms with Crippen LogP contribution in [0.25, 0.3) is 5.57 Å². The van der Waals surface area contributed by atoms with E-state index in [2.05, 4.69) is 5.32 Å². The smallest absolute Gasteiger partial charge is 0.352 e. The van der Waals surface area contributed by atoms with Crippen molar-refractivity contribution >= 4 is 22.3 Å². The summed E-state index contributed by atoms with van der Waals surface area (Å²) >= 11 is 0. The fourth-order valence-electron chi connectivity index (χ4n) is 1.59. The number of carbonyl (C=O) groups is 1. The van der Waals surface area contributed by atoms with Crippen LogP contribution in [0.5, 0.6) is 0 Å². The van der Waals surface area contributed by atoms with Crippen LogP contribution in [0.2, 0.25) is 0 Å². The molecule has 116 valence electrons. The van der Waals surface area contributed by atoms with E-state index in [1.54, 1.807) is 6.92 Å². The Labute approximate surface area is 123 Å². The first-order valence-electron chi connectivity index (χ1n) is 6.14. The Bertz CT molecular complexity index is 568. The quantitative estimate of drug-likeness (QED) is 0.848. The average Bonchev–Trinajstić information content (AvgIpc) is 2.37. The Morgan fingerprint density at radius 1 is 1.38 bits per heavy atom. The molecule has 0 fully saturated rings. The molecule has 0 bridgehead atoms. The van der Waals surface area contributed by atoms with E-state index in [4.69, 9.17) is 0 Å². The molecule has 7 heteroatoms. The molecule has 0 radical (unpaired) electrons. The Kier molecular flexibility index (Phi) is 6.14. The van der Waals surface area contributed by atoms with E-state index in [-0.39, 0.29) is 6.54 Å². The van der Waals surface area contributed by atoms with Gasteiger partial charge in [0.15, 0.2) is 0 Å². The highest BCUT2D eigenvalue weighted by Crippen LogP contribution is 2.30. The van der Waals surface area contributed by atoms with Crippen LogP contribution < -0.4 is 5.32 Å². The summed E-state index contributed by atoms with van der Waals surface area (Å²) in [6.07, 6.45) is -1.66. The highest BCUT2D eigenvalue weighted by atomic mass is 32.2. The molecule has 1 rings (SSSR count). The maximum Gasteiger partial charge on any atom is 0.416 e. The first kappa shape index (κ1) is 17.4. The highest BCUT2D eigenvalue weighted by molar-refractivity contribution is 7.84. The molecule has 1 unspecified atom stereocenters. The van der Waals surface area contributed by atoms with Crippen molar-refractivity contribution in [2.75, 3.05) is 18.6 Å². The van der Waals surface area contributed by atoms with E-state index in [0.29, 0.717) is 16.9 Å². The molecule has 21 heavy (non-hydrogen) atoms. The SMILES string of the molecule is CC(=CC(=O)NCCS(C)=O)c1cccc(C(F)(F)F)c1. The molecule has 0 aliphatic heterocycles. The van der Waals surface area contributed by atoms with Crippen molar-refractivity contribution in [3.63, 3.8) is 0 Å². The van der Waals surface area contributed by atoms with Crippen molar-refractivity contribution in [2.45, 2.75) is 13.1 Å². The lowest BCUT2D eigenvalue weighted by molar-refractivity contribution is -0.137. The molecule has 1 aromatic carbocycles. The standard InChI is InChI=1S/C14H16F3NO2S/c1-10(8-13(19)18-6-7-21(2)20)11-4-3-5-12(9-11)14(15,16)17/h3-5,8-9H,6-7H2,1-2H3,(H,18,19). The topological polar surface area (TPSA) is 46.2 Å². The number of amides is 1. The first-order chi connectivity index (χ1) is 9.70. The molecule has 0 aromatic heterocycles. The molecule has 0 aliphatic rings. The zero-order valence-corrected chi connectivity index (χ0v) is 12.5. The molecule has 1 atom stereocenters. The first-order valence-corrected chi connectivity index (χ1v) is 7.86. The highest BCUT2D eigenvalue weighted by Gasteiger charge is 2.30. The fourth-order valence-corrected chi connectivity index (χ4v) is 1.98. The number of hydrogen-bond donors (Lipinski definition) is 1. The number of alkyl halides is 3. The summed E-state index contributed by atoms with van der Waals surface area (Å²) in [5, 5.41) is 2.53. The van der Waals surface area contributed by atoms with Gasteiger partial charge in [0.2, 0.25) is 5.91 Å². The normalized spacial score (nSPS) is 13.9. The third kappa shape index (κ3) is 6.12. The maximum atomic E-state index is 12.6. The van der Waals surface area contributed by atoms with Crippen LogP contribution in [-0.2, 0) is 21.8 Å². The van der Waals surface area contributed by atoms with Crippen LogP contribution in [0.3, 0.4) is 0 Å². The van der Waals surface area contributed by atoms with Crippen molar-refractivity contribution in [1.29, 1.82) is 0 Å². The number of benzene rings is 1. The van der Waals surface area contributed by atoms with Gasteiger partial charge in [0.25, 0.3) is 0 Å². The summed E-state index contributed by atoms with van der Waals surface area (Å²) in [5.41, 5.74) is 0.00445. The van der Waals surface area contributed by atoms with Crippen molar-refractivity contribution in [2.24, 2.45) is 0 Å². The van der Waals surface area contributed by atoms with Crippen LogP contribution in [0.1, 0.15) is 18.1 Å². The van der Waals surface area contributed by atoms with Gasteiger partial charge in [-0.05, 0) is 30.2 Å². The number of carbonyl (C=O) groups excluding carboxylic acids is 1. The predicted molar refractivity (Wildman–Crippen MR) is 77.0 cm³/mol. The van der Waals surface area contributed by atoms with Gasteiger partial charge < -0.3 is 5.32 Å². The van der Waals surface area contributed by atoms with Crippen molar-refractivity contribution in [1.82, 2.24) is 5.32 Å². The molecular formula is C14H16F3NO2S. The van der Waals surface area contributed by atoms with Crippen molar-refractivity contribution in [3.8, 4) is 0 Å². The molecular weight excluding hydrogens is 303 g/mol. The molecule has 0 aliphatic carbocycles. The van der Waals surface area contributed by atoms with Gasteiger partial charge >= 0.3 is 6.18 Å². The molecule has 1 N–H and O–H groups in total. The van der Waals surface area contributed by atoms with E-state index < -0.39 is 28.4 Å². The maximum absolute atomic E-state index is 12.6. The second-order valence-corrected chi connectivity index (χ2v) is 6.03. The van der Waals surface area contributed by atoms with Crippen LogP contribution in [0.15, 0.2) is 30.3 Å². The molecule has 3 nitrogen and oxygen atoms in total. The van der Waals surface area contributed by atoms with E-state index in [9.17, 15) is 22.2 Å². The molecule has 0 spiro atoms. The van der Waals surface area contributed by atoms with E-state index in [0.717, 1.165) is 12.1 Å². The van der Waals surface area contributed by atoms with Gasteiger partial charge in [-0.15, -0.1) is 0 Å². The summed E-state index contributed by atoms with van der Waals surface area (Å²) in [6.45, 7) is 1.82. The molecule has 0 saturated heterocycles. The summed E-state index contributed by atoms with van der Waals surface area (Å²) in [4.78, 5) is 11.6. The zero-order valence-electron chi connectivity index (χ0n) is 11.7. The number of nitrogens with one attached hydrogen (secondary N) is 1. The summed E-state index contributed by atoms with van der Waals surface area (Å²) in [6, 6.07) is 4.79. The van der Waals surface area contributed by atoms with Gasteiger partial charge in [-0.2, -0.15) is 13.2 Å². The number of hydrogen-bond acceptors (Lipinski definition) is 2. The second-order valence-electron chi connectivity index (χ2n) is 4.47. The van der Waals surface area contributed by atoms with Crippen LogP contribution in [0.4, 0.5) is 13.2 Å². The Morgan fingerprint density at radius 3 is 2.62 bits per heavy atom. The number of allylic oxidation sites excluding steroid dienone is 1. The van der Waals surface area contributed by atoms with Gasteiger partial charge in [-0.25, -0.2) is 0 Å². The zero-order chi connectivity index (χ0) is 16.0. The third-order valence-electron chi connectivity index (χ3n) is 2.68. The van der Waals surface area contributed by atoms with E-state index in [1.165, 1.54) is 24.5 Å². The van der Waals surface area contributed by atoms with E-state index in [1.807, 2.05) is 0 Å². The minimum Gasteiger partial charge on any atom is -0.352 e. The van der Waals surface area contributed by atoms with Gasteiger partial charge in [-0.3, -0.25) is 9.00 Å². The Hall–Kier alpha value is -1.63. The number of rotatable bonds is 5. The van der Waals surface area contributed by atoms with Crippen LogP contribution in [0, 0.1) is 0 Å². The van der Waals surface area contributed by atoms with Crippen molar-refractivity contribution in [3.05, 3.63) is 41.5 Å². The fraction of sp³-hybridized carbons (Fsp3) is 0.357. The molecule has 1 amide bonds. The minimum atomic E-state index is -4.41. The molecule has 0 saturated carbocycles. The second kappa shape index (κ2) is 7.40. The van der Waals surface area contributed by atoms with Crippen molar-refractivity contribution < 1.29 is 22.2 Å². The summed E-state index contributed by atoms with van der Waals surface area (Å²) in [5.74, 6) is -0.0855. The van der Waals surface area contributed by atoms with Gasteiger partial charge in [0.1, 0.15) is 0 Å². The van der Waals surface area contributed by atoms with Crippen LogP contribution in [-0.4, -0.2) is 28.7 Å². The average molecular weight is 319 g/mol. The predicted octanol–water partition coefficient (Wildman–Crippen LogP) is 2.60.